The van der Waals surface area contributed by atoms with Crippen LogP contribution in [0.3, 0.4) is 0 Å². The second-order valence-electron chi connectivity index (χ2n) is 6.61. The molecule has 0 saturated carbocycles. The van der Waals surface area contributed by atoms with E-state index < -0.39 is 10.0 Å². The Morgan fingerprint density at radius 3 is 2.88 bits per heavy atom. The van der Waals surface area contributed by atoms with Crippen molar-refractivity contribution in [2.24, 2.45) is 0 Å². The van der Waals surface area contributed by atoms with Gasteiger partial charge in [0.1, 0.15) is 0 Å². The third-order valence-corrected chi connectivity index (χ3v) is 6.87. The van der Waals surface area contributed by atoms with E-state index in [0.29, 0.717) is 22.6 Å². The van der Waals surface area contributed by atoms with Gasteiger partial charge in [-0.15, -0.1) is 11.3 Å². The van der Waals surface area contributed by atoms with Gasteiger partial charge in [0, 0.05) is 29.2 Å². The summed E-state index contributed by atoms with van der Waals surface area (Å²) in [5.41, 5.74) is 1.58. The summed E-state index contributed by atoms with van der Waals surface area (Å²) in [6, 6.07) is 5.05. The minimum Gasteiger partial charge on any atom is -0.294 e. The number of fused-ring (bicyclic) bond motifs is 2. The smallest absolute Gasteiger partial charge is 0.281 e. The summed E-state index contributed by atoms with van der Waals surface area (Å²) in [6.45, 7) is 4.00. The first-order valence-electron chi connectivity index (χ1n) is 7.51. The van der Waals surface area contributed by atoms with E-state index in [1.165, 1.54) is 15.7 Å². The number of sulfonamides is 1. The lowest BCUT2D eigenvalue weighted by atomic mass is 9.86. The SMILES string of the molecule is CC1(C)CC(=O)c2cc(NS(=O)(=O)c3c(Cl)nc4sccn34)ccc21. The number of benzene rings is 1. The van der Waals surface area contributed by atoms with Gasteiger partial charge < -0.3 is 0 Å². The zero-order chi connectivity index (χ0) is 18.0. The predicted octanol–water partition coefficient (Wildman–Crippen LogP) is 3.71. The molecule has 0 spiro atoms. The molecule has 2 heterocycles. The summed E-state index contributed by atoms with van der Waals surface area (Å²) in [5.74, 6) is 0.0173. The van der Waals surface area contributed by atoms with Gasteiger partial charge in [0.25, 0.3) is 10.0 Å². The van der Waals surface area contributed by atoms with Crippen LogP contribution in [0.2, 0.25) is 5.15 Å². The highest BCUT2D eigenvalue weighted by Gasteiger charge is 2.36. The zero-order valence-electron chi connectivity index (χ0n) is 13.4. The largest absolute Gasteiger partial charge is 0.294 e. The minimum absolute atomic E-state index is 0.0173. The number of rotatable bonds is 3. The van der Waals surface area contributed by atoms with Crippen LogP contribution in [0.4, 0.5) is 5.69 Å². The molecule has 2 aromatic heterocycles. The fourth-order valence-corrected chi connectivity index (χ4v) is 5.71. The van der Waals surface area contributed by atoms with Gasteiger partial charge in [-0.1, -0.05) is 31.5 Å². The molecule has 0 unspecified atom stereocenters. The van der Waals surface area contributed by atoms with Gasteiger partial charge in [-0.25, -0.2) is 4.98 Å². The number of aromatic nitrogens is 2. The number of carbonyl (C=O) groups is 1. The third-order valence-electron chi connectivity index (χ3n) is 4.34. The van der Waals surface area contributed by atoms with Crippen molar-refractivity contribution < 1.29 is 13.2 Å². The van der Waals surface area contributed by atoms with Crippen LogP contribution in [0.1, 0.15) is 36.2 Å². The van der Waals surface area contributed by atoms with Gasteiger partial charge in [0.15, 0.2) is 20.9 Å². The molecule has 1 aliphatic rings. The summed E-state index contributed by atoms with van der Waals surface area (Å²) >= 11 is 7.31. The minimum atomic E-state index is -3.95. The average molecular weight is 396 g/mol. The highest BCUT2D eigenvalue weighted by atomic mass is 35.5. The molecule has 0 bridgehead atoms. The molecule has 9 heteroatoms. The van der Waals surface area contributed by atoms with Crippen LogP contribution in [-0.4, -0.2) is 23.6 Å². The molecule has 130 valence electrons. The van der Waals surface area contributed by atoms with Crippen LogP contribution < -0.4 is 4.72 Å². The predicted molar refractivity (Wildman–Crippen MR) is 97.3 cm³/mol. The number of thiazole rings is 1. The van der Waals surface area contributed by atoms with E-state index >= 15 is 0 Å². The highest BCUT2D eigenvalue weighted by molar-refractivity contribution is 7.92. The molecule has 0 fully saturated rings. The van der Waals surface area contributed by atoms with E-state index in [4.69, 9.17) is 11.6 Å². The van der Waals surface area contributed by atoms with Crippen LogP contribution >= 0.6 is 22.9 Å². The number of nitrogens with zero attached hydrogens (tertiary/aromatic N) is 2. The third kappa shape index (κ3) is 2.56. The Labute approximate surface area is 153 Å². The van der Waals surface area contributed by atoms with E-state index in [1.54, 1.807) is 29.8 Å². The Hall–Kier alpha value is -1.90. The zero-order valence-corrected chi connectivity index (χ0v) is 15.8. The second-order valence-corrected chi connectivity index (χ2v) is 9.44. The number of nitrogens with one attached hydrogen (secondary N) is 1. The Morgan fingerprint density at radius 1 is 1.36 bits per heavy atom. The maximum atomic E-state index is 12.8. The monoisotopic (exact) mass is 395 g/mol. The lowest BCUT2D eigenvalue weighted by Crippen LogP contribution is -2.16. The first-order valence-corrected chi connectivity index (χ1v) is 10.2. The quantitative estimate of drug-likeness (QED) is 0.732. The molecule has 4 rings (SSSR count). The summed E-state index contributed by atoms with van der Waals surface area (Å²) in [6.07, 6.45) is 2.02. The number of ketones is 1. The Balaban J connectivity index is 1.76. The molecule has 3 aromatic rings. The number of halogens is 1. The van der Waals surface area contributed by atoms with Crippen molar-refractivity contribution in [3.05, 3.63) is 46.1 Å². The number of hydrogen-bond donors (Lipinski definition) is 1. The molecule has 1 aliphatic carbocycles. The molecule has 25 heavy (non-hydrogen) atoms. The molecule has 0 saturated heterocycles. The maximum Gasteiger partial charge on any atom is 0.281 e. The van der Waals surface area contributed by atoms with Gasteiger partial charge in [-0.3, -0.25) is 13.9 Å². The number of hydrogen-bond acceptors (Lipinski definition) is 5. The molecule has 6 nitrogen and oxygen atoms in total. The number of Topliss-reactive ketones (excluding diaryl/α,β-unsaturated/α-hetero) is 1. The molecule has 1 aromatic carbocycles. The Kier molecular flexibility index (Phi) is 3.51. The molecule has 1 N–H and O–H groups in total. The standard InChI is InChI=1S/C16H14ClN3O3S2/c1-16(2)8-12(21)10-7-9(3-4-11(10)16)19-25(22,23)14-13(17)18-15-20(14)5-6-24-15/h3-7,19H,8H2,1-2H3. The van der Waals surface area contributed by atoms with Gasteiger partial charge in [-0.05, 0) is 23.1 Å². The summed E-state index contributed by atoms with van der Waals surface area (Å²) in [5, 5.41) is 1.53. The topological polar surface area (TPSA) is 80.5 Å². The van der Waals surface area contributed by atoms with Gasteiger partial charge in [0.2, 0.25) is 0 Å². The first kappa shape index (κ1) is 16.6. The molecule has 0 radical (unpaired) electrons. The average Bonchev–Trinajstić information content (AvgIpc) is 3.10. The fourth-order valence-electron chi connectivity index (χ4n) is 3.20. The van der Waals surface area contributed by atoms with E-state index in [-0.39, 0.29) is 21.4 Å². The van der Waals surface area contributed by atoms with E-state index in [1.807, 2.05) is 13.8 Å². The van der Waals surface area contributed by atoms with Crippen molar-refractivity contribution >= 4 is 49.4 Å². The van der Waals surface area contributed by atoms with Crippen LogP contribution in [-0.2, 0) is 15.4 Å². The summed E-state index contributed by atoms with van der Waals surface area (Å²) in [4.78, 5) is 16.8. The van der Waals surface area contributed by atoms with Crippen LogP contribution in [0.25, 0.3) is 4.96 Å². The fraction of sp³-hybridized carbons (Fsp3) is 0.250. The number of imidazole rings is 1. The summed E-state index contributed by atoms with van der Waals surface area (Å²) < 4.78 is 29.5. The maximum absolute atomic E-state index is 12.8. The van der Waals surface area contributed by atoms with E-state index in [9.17, 15) is 13.2 Å². The van der Waals surface area contributed by atoms with Gasteiger partial charge in [0.05, 0.1) is 0 Å². The van der Waals surface area contributed by atoms with Gasteiger partial charge in [-0.2, -0.15) is 8.42 Å². The van der Waals surface area contributed by atoms with Crippen molar-refractivity contribution in [2.75, 3.05) is 4.72 Å². The number of anilines is 1. The number of carbonyl (C=O) groups excluding carboxylic acids is 1. The second kappa shape index (κ2) is 5.30. The van der Waals surface area contributed by atoms with Crippen LogP contribution in [0, 0.1) is 0 Å². The Morgan fingerprint density at radius 2 is 2.12 bits per heavy atom. The van der Waals surface area contributed by atoms with Crippen molar-refractivity contribution in [1.82, 2.24) is 9.38 Å². The van der Waals surface area contributed by atoms with Crippen molar-refractivity contribution in [1.29, 1.82) is 0 Å². The lowest BCUT2D eigenvalue weighted by Gasteiger charge is -2.17. The molecular weight excluding hydrogens is 382 g/mol. The first-order chi connectivity index (χ1) is 11.7. The van der Waals surface area contributed by atoms with Crippen molar-refractivity contribution in [2.45, 2.75) is 30.7 Å². The molecule has 0 atom stereocenters. The van der Waals surface area contributed by atoms with Crippen LogP contribution in [0.5, 0.6) is 0 Å². The van der Waals surface area contributed by atoms with Crippen molar-refractivity contribution in [3.63, 3.8) is 0 Å². The van der Waals surface area contributed by atoms with E-state index in [2.05, 4.69) is 9.71 Å². The molecule has 0 aliphatic heterocycles. The highest BCUT2D eigenvalue weighted by Crippen LogP contribution is 2.39. The molecular formula is C16H14ClN3O3S2. The summed E-state index contributed by atoms with van der Waals surface area (Å²) in [7, 11) is -3.95. The van der Waals surface area contributed by atoms with Crippen molar-refractivity contribution in [3.8, 4) is 0 Å². The lowest BCUT2D eigenvalue weighted by molar-refractivity contribution is 0.0979. The Bertz CT molecular complexity index is 1130. The normalized spacial score (nSPS) is 16.4. The molecule has 0 amide bonds. The van der Waals surface area contributed by atoms with Gasteiger partial charge >= 0.3 is 0 Å². The van der Waals surface area contributed by atoms with E-state index in [0.717, 1.165) is 5.56 Å². The van der Waals surface area contributed by atoms with Crippen LogP contribution in [0.15, 0.2) is 34.8 Å².